The Morgan fingerprint density at radius 1 is 1.47 bits per heavy atom. The molecule has 0 unspecified atom stereocenters. The van der Waals surface area contributed by atoms with E-state index in [2.05, 4.69) is 20.9 Å². The SMILES string of the molecule is Cn1ccnc1Sc1ccc(N)cc1Br. The van der Waals surface area contributed by atoms with Crippen LogP contribution in [0, 0.1) is 0 Å². The zero-order valence-electron chi connectivity index (χ0n) is 8.14. The fraction of sp³-hybridized carbons (Fsp3) is 0.100. The van der Waals surface area contributed by atoms with Crippen LogP contribution >= 0.6 is 27.7 Å². The number of nitrogens with zero attached hydrogens (tertiary/aromatic N) is 2. The van der Waals surface area contributed by atoms with Crippen LogP contribution in [0.25, 0.3) is 0 Å². The van der Waals surface area contributed by atoms with Gasteiger partial charge in [-0.3, -0.25) is 0 Å². The van der Waals surface area contributed by atoms with Crippen molar-refractivity contribution in [2.24, 2.45) is 7.05 Å². The third-order valence-corrected chi connectivity index (χ3v) is 4.00. The van der Waals surface area contributed by atoms with Gasteiger partial charge in [0.2, 0.25) is 0 Å². The first kappa shape index (κ1) is 10.6. The van der Waals surface area contributed by atoms with Crippen LogP contribution in [0.1, 0.15) is 0 Å². The van der Waals surface area contributed by atoms with Crippen molar-refractivity contribution in [2.45, 2.75) is 10.1 Å². The number of hydrogen-bond donors (Lipinski definition) is 1. The van der Waals surface area contributed by atoms with Crippen molar-refractivity contribution in [2.75, 3.05) is 5.73 Å². The number of aryl methyl sites for hydroxylation is 1. The first-order valence-corrected chi connectivity index (χ1v) is 5.98. The first-order valence-electron chi connectivity index (χ1n) is 4.37. The largest absolute Gasteiger partial charge is 0.399 e. The van der Waals surface area contributed by atoms with Gasteiger partial charge >= 0.3 is 0 Å². The van der Waals surface area contributed by atoms with Crippen molar-refractivity contribution in [3.63, 3.8) is 0 Å². The maximum absolute atomic E-state index is 5.67. The first-order chi connectivity index (χ1) is 7.16. The number of imidazole rings is 1. The predicted molar refractivity (Wildman–Crippen MR) is 65.9 cm³/mol. The molecule has 2 N–H and O–H groups in total. The molecule has 0 fully saturated rings. The van der Waals surface area contributed by atoms with Crippen LogP contribution < -0.4 is 5.73 Å². The van der Waals surface area contributed by atoms with Gasteiger partial charge in [-0.25, -0.2) is 4.98 Å². The van der Waals surface area contributed by atoms with E-state index < -0.39 is 0 Å². The summed E-state index contributed by atoms with van der Waals surface area (Å²) in [6.07, 6.45) is 3.71. The summed E-state index contributed by atoms with van der Waals surface area (Å²) < 4.78 is 2.98. The van der Waals surface area contributed by atoms with Crippen LogP contribution in [0.2, 0.25) is 0 Å². The Balaban J connectivity index is 2.29. The van der Waals surface area contributed by atoms with Gasteiger partial charge in [0.15, 0.2) is 5.16 Å². The fourth-order valence-electron chi connectivity index (χ4n) is 1.15. The summed E-state index contributed by atoms with van der Waals surface area (Å²) in [5.41, 5.74) is 6.43. The Morgan fingerprint density at radius 2 is 2.27 bits per heavy atom. The van der Waals surface area contributed by atoms with Gasteiger partial charge in [-0.05, 0) is 34.1 Å². The lowest BCUT2D eigenvalue weighted by Crippen LogP contribution is -1.89. The number of aromatic nitrogens is 2. The lowest BCUT2D eigenvalue weighted by Gasteiger charge is -2.04. The smallest absolute Gasteiger partial charge is 0.172 e. The lowest BCUT2D eigenvalue weighted by atomic mass is 10.3. The van der Waals surface area contributed by atoms with Crippen molar-refractivity contribution in [3.8, 4) is 0 Å². The van der Waals surface area contributed by atoms with Crippen molar-refractivity contribution >= 4 is 33.4 Å². The monoisotopic (exact) mass is 283 g/mol. The van der Waals surface area contributed by atoms with Crippen LogP contribution in [0.4, 0.5) is 5.69 Å². The van der Waals surface area contributed by atoms with E-state index >= 15 is 0 Å². The standard InChI is InChI=1S/C10H10BrN3S/c1-14-5-4-13-10(14)15-9-3-2-7(12)6-8(9)11/h2-6H,12H2,1H3. The third-order valence-electron chi connectivity index (χ3n) is 1.93. The summed E-state index contributed by atoms with van der Waals surface area (Å²) in [7, 11) is 1.97. The van der Waals surface area contributed by atoms with Gasteiger partial charge in [-0.1, -0.05) is 11.8 Å². The van der Waals surface area contributed by atoms with E-state index in [0.717, 1.165) is 20.2 Å². The summed E-state index contributed by atoms with van der Waals surface area (Å²) in [4.78, 5) is 5.36. The molecule has 2 aromatic rings. The number of halogens is 1. The molecule has 0 spiro atoms. The Morgan fingerprint density at radius 3 is 2.87 bits per heavy atom. The van der Waals surface area contributed by atoms with Crippen LogP contribution in [0.15, 0.2) is 45.1 Å². The molecule has 15 heavy (non-hydrogen) atoms. The number of benzene rings is 1. The second-order valence-electron chi connectivity index (χ2n) is 3.11. The molecule has 0 saturated heterocycles. The van der Waals surface area contributed by atoms with E-state index in [9.17, 15) is 0 Å². The van der Waals surface area contributed by atoms with Gasteiger partial charge in [0.1, 0.15) is 0 Å². The second kappa shape index (κ2) is 4.28. The average Bonchev–Trinajstić information content (AvgIpc) is 2.57. The quantitative estimate of drug-likeness (QED) is 0.862. The van der Waals surface area contributed by atoms with Gasteiger partial charge in [-0.2, -0.15) is 0 Å². The molecule has 0 bridgehead atoms. The highest BCUT2D eigenvalue weighted by molar-refractivity contribution is 9.10. The summed E-state index contributed by atoms with van der Waals surface area (Å²) in [5.74, 6) is 0. The van der Waals surface area contributed by atoms with Gasteiger partial charge < -0.3 is 10.3 Å². The molecule has 78 valence electrons. The van der Waals surface area contributed by atoms with Crippen LogP contribution in [0.5, 0.6) is 0 Å². The number of hydrogen-bond acceptors (Lipinski definition) is 3. The van der Waals surface area contributed by atoms with Crippen molar-refractivity contribution < 1.29 is 0 Å². The normalized spacial score (nSPS) is 10.5. The van der Waals surface area contributed by atoms with E-state index in [1.165, 1.54) is 0 Å². The summed E-state index contributed by atoms with van der Waals surface area (Å²) in [5, 5.41) is 0.959. The van der Waals surface area contributed by atoms with E-state index in [4.69, 9.17) is 5.73 Å². The summed E-state index contributed by atoms with van der Waals surface area (Å²) >= 11 is 5.09. The average molecular weight is 284 g/mol. The molecule has 1 aromatic carbocycles. The molecule has 0 radical (unpaired) electrons. The van der Waals surface area contributed by atoms with Crippen LogP contribution in [0.3, 0.4) is 0 Å². The highest BCUT2D eigenvalue weighted by Crippen LogP contribution is 2.33. The maximum Gasteiger partial charge on any atom is 0.172 e. The van der Waals surface area contributed by atoms with Gasteiger partial charge in [-0.15, -0.1) is 0 Å². The van der Waals surface area contributed by atoms with Crippen LogP contribution in [-0.2, 0) is 7.05 Å². The molecule has 0 saturated carbocycles. The van der Waals surface area contributed by atoms with Crippen molar-refractivity contribution in [1.29, 1.82) is 0 Å². The summed E-state index contributed by atoms with van der Waals surface area (Å²) in [6.45, 7) is 0. The Labute approximate surface area is 101 Å². The minimum absolute atomic E-state index is 0.756. The minimum atomic E-state index is 0.756. The molecule has 2 rings (SSSR count). The fourth-order valence-corrected chi connectivity index (χ4v) is 2.60. The molecule has 0 aliphatic carbocycles. The second-order valence-corrected chi connectivity index (χ2v) is 4.98. The molecular weight excluding hydrogens is 274 g/mol. The minimum Gasteiger partial charge on any atom is -0.399 e. The maximum atomic E-state index is 5.67. The molecule has 0 aliphatic rings. The molecular formula is C10H10BrN3S. The van der Waals surface area contributed by atoms with Crippen molar-refractivity contribution in [1.82, 2.24) is 9.55 Å². The number of nitrogens with two attached hydrogens (primary N) is 1. The highest BCUT2D eigenvalue weighted by Gasteiger charge is 2.05. The third kappa shape index (κ3) is 2.35. The Kier molecular flexibility index (Phi) is 3.02. The van der Waals surface area contributed by atoms with Crippen molar-refractivity contribution in [3.05, 3.63) is 35.1 Å². The number of nitrogen functional groups attached to an aromatic ring is 1. The van der Waals surface area contributed by atoms with Crippen LogP contribution in [-0.4, -0.2) is 9.55 Å². The highest BCUT2D eigenvalue weighted by atomic mass is 79.9. The Hall–Kier alpha value is -0.940. The molecule has 0 aliphatic heterocycles. The molecule has 3 nitrogen and oxygen atoms in total. The van der Waals surface area contributed by atoms with Gasteiger partial charge in [0.05, 0.1) is 0 Å². The summed E-state index contributed by atoms with van der Waals surface area (Å²) in [6, 6.07) is 5.76. The molecule has 1 aromatic heterocycles. The van der Waals surface area contributed by atoms with Gasteiger partial charge in [0, 0.05) is 34.5 Å². The molecule has 1 heterocycles. The Bertz CT molecular complexity index is 481. The van der Waals surface area contributed by atoms with E-state index in [0.29, 0.717) is 0 Å². The molecule has 0 amide bonds. The van der Waals surface area contributed by atoms with Gasteiger partial charge in [0.25, 0.3) is 0 Å². The predicted octanol–water partition coefficient (Wildman–Crippen LogP) is 2.92. The zero-order chi connectivity index (χ0) is 10.8. The topological polar surface area (TPSA) is 43.8 Å². The number of anilines is 1. The van der Waals surface area contributed by atoms with E-state index in [-0.39, 0.29) is 0 Å². The lowest BCUT2D eigenvalue weighted by molar-refractivity contribution is 0.790. The molecule has 0 atom stereocenters. The zero-order valence-corrected chi connectivity index (χ0v) is 10.5. The van der Waals surface area contributed by atoms with E-state index in [1.54, 1.807) is 18.0 Å². The van der Waals surface area contributed by atoms with E-state index in [1.807, 2.05) is 36.0 Å². The molecule has 5 heteroatoms. The number of rotatable bonds is 2.